The van der Waals surface area contributed by atoms with Crippen LogP contribution in [0.15, 0.2) is 36.5 Å². The summed E-state index contributed by atoms with van der Waals surface area (Å²) < 4.78 is 1.37. The van der Waals surface area contributed by atoms with Gasteiger partial charge in [-0.25, -0.2) is 4.68 Å². The number of carbonyl (C=O) groups is 2. The summed E-state index contributed by atoms with van der Waals surface area (Å²) in [6, 6.07) is 8.31. The normalized spacial score (nSPS) is 11.7. The van der Waals surface area contributed by atoms with Gasteiger partial charge in [-0.2, -0.15) is 0 Å². The van der Waals surface area contributed by atoms with Crippen molar-refractivity contribution in [3.8, 4) is 0 Å². The highest BCUT2D eigenvalue weighted by molar-refractivity contribution is 5.78. The molecule has 1 aromatic carbocycles. The van der Waals surface area contributed by atoms with Gasteiger partial charge in [0, 0.05) is 19.0 Å². The van der Waals surface area contributed by atoms with E-state index in [2.05, 4.69) is 15.6 Å². The number of carboxylic acid groups (broad SMARTS) is 1. The standard InChI is InChI=1S/C16H20N6O3/c17-14(18)7-6-12-9-22(21-20-12)10-15(23)19-13(8-16(24)25)11-4-2-1-3-5-11/h1-5,9,13H,6-8,10H2,(H3,17,18)(H,19,23)(H,24,25)/t13-/m0/s1. The molecule has 2 aromatic rings. The van der Waals surface area contributed by atoms with E-state index >= 15 is 0 Å². The predicted octanol–water partition coefficient (Wildman–Crippen LogP) is 0.479. The zero-order chi connectivity index (χ0) is 18.2. The van der Waals surface area contributed by atoms with Crippen LogP contribution in [-0.4, -0.2) is 37.8 Å². The monoisotopic (exact) mass is 344 g/mol. The summed E-state index contributed by atoms with van der Waals surface area (Å²) in [6.45, 7) is -0.0734. The number of aryl methyl sites for hydroxylation is 1. The third-order valence-corrected chi connectivity index (χ3v) is 3.46. The fourth-order valence-corrected chi connectivity index (χ4v) is 2.29. The lowest BCUT2D eigenvalue weighted by Gasteiger charge is -2.17. The van der Waals surface area contributed by atoms with Crippen LogP contribution in [0.1, 0.15) is 30.1 Å². The minimum Gasteiger partial charge on any atom is -0.481 e. The molecule has 5 N–H and O–H groups in total. The van der Waals surface area contributed by atoms with E-state index in [1.165, 1.54) is 4.68 Å². The second-order valence-corrected chi connectivity index (χ2v) is 5.56. The van der Waals surface area contributed by atoms with Crippen molar-refractivity contribution in [2.24, 2.45) is 5.73 Å². The molecular weight excluding hydrogens is 324 g/mol. The maximum Gasteiger partial charge on any atom is 0.305 e. The Morgan fingerprint density at radius 3 is 2.68 bits per heavy atom. The van der Waals surface area contributed by atoms with Crippen LogP contribution in [0.25, 0.3) is 0 Å². The molecule has 0 spiro atoms. The van der Waals surface area contributed by atoms with Crippen LogP contribution < -0.4 is 11.1 Å². The largest absolute Gasteiger partial charge is 0.481 e. The molecule has 0 unspecified atom stereocenters. The molecule has 0 aliphatic rings. The molecule has 0 fully saturated rings. The first-order chi connectivity index (χ1) is 11.9. The van der Waals surface area contributed by atoms with Crippen molar-refractivity contribution >= 4 is 17.7 Å². The summed E-state index contributed by atoms with van der Waals surface area (Å²) in [5.41, 5.74) is 6.65. The number of aromatic nitrogens is 3. The first-order valence-corrected chi connectivity index (χ1v) is 7.72. The van der Waals surface area contributed by atoms with Crippen LogP contribution in [0.3, 0.4) is 0 Å². The van der Waals surface area contributed by atoms with Crippen LogP contribution in [-0.2, 0) is 22.6 Å². The molecule has 9 nitrogen and oxygen atoms in total. The maximum absolute atomic E-state index is 12.2. The number of hydrogen-bond acceptors (Lipinski definition) is 5. The van der Waals surface area contributed by atoms with E-state index in [-0.39, 0.29) is 24.7 Å². The highest BCUT2D eigenvalue weighted by Crippen LogP contribution is 2.16. The van der Waals surface area contributed by atoms with E-state index in [1.807, 2.05) is 6.07 Å². The van der Waals surface area contributed by atoms with Gasteiger partial charge in [0.05, 0.1) is 24.0 Å². The van der Waals surface area contributed by atoms with Gasteiger partial charge in [0.2, 0.25) is 5.91 Å². The lowest BCUT2D eigenvalue weighted by Crippen LogP contribution is -2.33. The minimum absolute atomic E-state index is 0.0617. The number of amides is 1. The van der Waals surface area contributed by atoms with Crippen LogP contribution in [0.5, 0.6) is 0 Å². The van der Waals surface area contributed by atoms with Crippen LogP contribution in [0.4, 0.5) is 0 Å². The van der Waals surface area contributed by atoms with E-state index in [0.29, 0.717) is 18.5 Å². The number of nitrogens with one attached hydrogen (secondary N) is 2. The number of hydrogen-bond donors (Lipinski definition) is 4. The summed E-state index contributed by atoms with van der Waals surface area (Å²) in [7, 11) is 0. The Bertz CT molecular complexity index is 743. The first kappa shape index (κ1) is 18.1. The van der Waals surface area contributed by atoms with Crippen molar-refractivity contribution < 1.29 is 14.7 Å². The van der Waals surface area contributed by atoms with E-state index in [0.717, 1.165) is 5.56 Å². The second-order valence-electron chi connectivity index (χ2n) is 5.56. The highest BCUT2D eigenvalue weighted by Gasteiger charge is 2.18. The number of aliphatic carboxylic acids is 1. The average Bonchev–Trinajstić information content (AvgIpc) is 3.00. The van der Waals surface area contributed by atoms with Crippen LogP contribution >= 0.6 is 0 Å². The van der Waals surface area contributed by atoms with Crippen molar-refractivity contribution in [1.29, 1.82) is 5.41 Å². The third-order valence-electron chi connectivity index (χ3n) is 3.46. The Balaban J connectivity index is 1.97. The number of rotatable bonds is 9. The molecule has 132 valence electrons. The number of amidine groups is 1. The molecule has 1 aromatic heterocycles. The zero-order valence-corrected chi connectivity index (χ0v) is 13.6. The van der Waals surface area contributed by atoms with Gasteiger partial charge in [0.15, 0.2) is 0 Å². The number of nitrogens with zero attached hydrogens (tertiary/aromatic N) is 3. The topological polar surface area (TPSA) is 147 Å². The highest BCUT2D eigenvalue weighted by atomic mass is 16.4. The van der Waals surface area contributed by atoms with E-state index in [9.17, 15) is 9.59 Å². The van der Waals surface area contributed by atoms with Crippen LogP contribution in [0.2, 0.25) is 0 Å². The number of nitrogens with two attached hydrogens (primary N) is 1. The molecule has 1 atom stereocenters. The molecule has 1 heterocycles. The van der Waals surface area contributed by atoms with Crippen molar-refractivity contribution in [3.63, 3.8) is 0 Å². The molecule has 0 aliphatic carbocycles. The van der Waals surface area contributed by atoms with Crippen molar-refractivity contribution in [3.05, 3.63) is 47.8 Å². The Hall–Kier alpha value is -3.23. The van der Waals surface area contributed by atoms with Crippen LogP contribution in [0, 0.1) is 5.41 Å². The number of carboxylic acids is 1. The molecule has 1 amide bonds. The van der Waals surface area contributed by atoms with Crippen molar-refractivity contribution in [2.75, 3.05) is 0 Å². The Kier molecular flexibility index (Phi) is 6.21. The van der Waals surface area contributed by atoms with Crippen molar-refractivity contribution in [1.82, 2.24) is 20.3 Å². The SMILES string of the molecule is N=C(N)CCc1cn(CC(=O)N[C@@H](CC(=O)O)c2ccccc2)nn1. The molecule has 0 saturated carbocycles. The average molecular weight is 344 g/mol. The first-order valence-electron chi connectivity index (χ1n) is 7.72. The van der Waals surface area contributed by atoms with E-state index in [4.69, 9.17) is 16.2 Å². The van der Waals surface area contributed by atoms with Gasteiger partial charge < -0.3 is 16.2 Å². The molecule has 2 rings (SSSR count). The number of carbonyl (C=O) groups excluding carboxylic acids is 1. The Morgan fingerprint density at radius 2 is 2.04 bits per heavy atom. The molecule has 0 aliphatic heterocycles. The Morgan fingerprint density at radius 1 is 1.32 bits per heavy atom. The fraction of sp³-hybridized carbons (Fsp3) is 0.312. The second kappa shape index (κ2) is 8.57. The van der Waals surface area contributed by atoms with Gasteiger partial charge in [-0.15, -0.1) is 5.10 Å². The molecule has 0 bridgehead atoms. The third kappa shape index (κ3) is 6.05. The zero-order valence-electron chi connectivity index (χ0n) is 13.6. The van der Waals surface area contributed by atoms with Gasteiger partial charge in [0.25, 0.3) is 0 Å². The maximum atomic E-state index is 12.2. The van der Waals surface area contributed by atoms with E-state index < -0.39 is 12.0 Å². The van der Waals surface area contributed by atoms with Gasteiger partial charge >= 0.3 is 5.97 Å². The minimum atomic E-state index is -0.999. The smallest absolute Gasteiger partial charge is 0.305 e. The fourth-order valence-electron chi connectivity index (χ4n) is 2.29. The van der Waals surface area contributed by atoms with Gasteiger partial charge in [0.1, 0.15) is 6.54 Å². The molecule has 9 heteroatoms. The summed E-state index contributed by atoms with van der Waals surface area (Å²) in [4.78, 5) is 23.3. The molecular formula is C16H20N6O3. The van der Waals surface area contributed by atoms with Gasteiger partial charge in [-0.3, -0.25) is 15.0 Å². The molecule has 0 saturated heterocycles. The predicted molar refractivity (Wildman–Crippen MR) is 89.8 cm³/mol. The Labute approximate surface area is 144 Å². The number of benzene rings is 1. The summed E-state index contributed by atoms with van der Waals surface area (Å²) in [6.07, 6.45) is 2.25. The lowest BCUT2D eigenvalue weighted by atomic mass is 10.0. The van der Waals surface area contributed by atoms with Gasteiger partial charge in [-0.1, -0.05) is 35.5 Å². The summed E-state index contributed by atoms with van der Waals surface area (Å²) >= 11 is 0. The molecule has 0 radical (unpaired) electrons. The summed E-state index contributed by atoms with van der Waals surface area (Å²) in [5.74, 6) is -1.30. The van der Waals surface area contributed by atoms with Gasteiger partial charge in [-0.05, 0) is 5.56 Å². The molecule has 25 heavy (non-hydrogen) atoms. The summed E-state index contributed by atoms with van der Waals surface area (Å²) in [5, 5.41) is 26.7. The lowest BCUT2D eigenvalue weighted by molar-refractivity contribution is -0.137. The quantitative estimate of drug-likeness (QED) is 0.384. The van der Waals surface area contributed by atoms with Crippen molar-refractivity contribution in [2.45, 2.75) is 31.8 Å². The van der Waals surface area contributed by atoms with E-state index in [1.54, 1.807) is 30.5 Å².